The number of H-pyrrole nitrogens is 1. The van der Waals surface area contributed by atoms with E-state index >= 15 is 0 Å². The molecule has 2 aromatic heterocycles. The van der Waals surface area contributed by atoms with Crippen LogP contribution in [0.15, 0.2) is 60.8 Å². The van der Waals surface area contributed by atoms with E-state index in [9.17, 15) is 0 Å². The van der Waals surface area contributed by atoms with E-state index in [1.807, 2.05) is 36.4 Å². The van der Waals surface area contributed by atoms with Crippen LogP contribution >= 0.6 is 13.5 Å². The Morgan fingerprint density at radius 1 is 1.03 bits per heavy atom. The number of nitrogens with zero attached hydrogens (tertiary/aromatic N) is 2. The highest BCUT2D eigenvalue weighted by atomic mass is 32.1. The number of aromatic nitrogens is 3. The van der Waals surface area contributed by atoms with Crippen molar-refractivity contribution in [1.82, 2.24) is 20.3 Å². The van der Waals surface area contributed by atoms with E-state index in [1.165, 1.54) is 5.39 Å². The van der Waals surface area contributed by atoms with E-state index < -0.39 is 0 Å². The molecule has 1 saturated heterocycles. The molecule has 2 aromatic carbocycles. The minimum Gasteiger partial charge on any atom is -0.489 e. The molecule has 0 saturated carbocycles. The number of anilines is 4. The van der Waals surface area contributed by atoms with Crippen LogP contribution in [-0.4, -0.2) is 34.1 Å². The number of hydrogen-bond donors (Lipinski definition) is 4. The fourth-order valence-electron chi connectivity index (χ4n) is 3.69. The van der Waals surface area contributed by atoms with Crippen LogP contribution in [0.4, 0.5) is 23.1 Å². The molecular formula is C23H26N6OS. The molecule has 1 aliphatic rings. The molecule has 4 N–H and O–H groups in total. The summed E-state index contributed by atoms with van der Waals surface area (Å²) in [5.41, 5.74) is 4.14. The first-order chi connectivity index (χ1) is 14.7. The lowest BCUT2D eigenvalue weighted by Gasteiger charge is -2.14. The molecule has 0 radical (unpaired) electrons. The molecule has 160 valence electrons. The standard InChI is InChI=1S/C23H24N6O.H2S/c1-15-11-16-12-18(5-6-21(16)26-15)27-22-8-10-25-23(29-22)28-17-3-2-4-19(13-17)30-20-7-9-24-14-20;/h2-6,8,10-13,20,24,26H,7,9,14H2,1H3,(H2,25,27,28,29);1H2/t20-;/m0./s1. The highest BCUT2D eigenvalue weighted by Crippen LogP contribution is 2.24. The lowest BCUT2D eigenvalue weighted by Crippen LogP contribution is -2.19. The van der Waals surface area contributed by atoms with Gasteiger partial charge in [0.25, 0.3) is 0 Å². The van der Waals surface area contributed by atoms with Gasteiger partial charge in [-0.25, -0.2) is 4.98 Å². The SMILES string of the molecule is Cc1cc2cc(Nc3ccnc(Nc4cccc(O[C@H]5CCNC5)c4)n3)ccc2[nH]1.S. The van der Waals surface area contributed by atoms with Gasteiger partial charge in [0.15, 0.2) is 0 Å². The van der Waals surface area contributed by atoms with Gasteiger partial charge in [0.1, 0.15) is 17.7 Å². The Morgan fingerprint density at radius 3 is 2.81 bits per heavy atom. The van der Waals surface area contributed by atoms with Crippen molar-refractivity contribution in [3.63, 3.8) is 0 Å². The summed E-state index contributed by atoms with van der Waals surface area (Å²) in [7, 11) is 0. The second-order valence-corrected chi connectivity index (χ2v) is 7.53. The van der Waals surface area contributed by atoms with Gasteiger partial charge in [0.05, 0.1) is 0 Å². The van der Waals surface area contributed by atoms with Gasteiger partial charge in [-0.05, 0) is 62.4 Å². The Labute approximate surface area is 188 Å². The summed E-state index contributed by atoms with van der Waals surface area (Å²) in [6.45, 7) is 3.95. The van der Waals surface area contributed by atoms with Crippen LogP contribution in [-0.2, 0) is 0 Å². The smallest absolute Gasteiger partial charge is 0.229 e. The van der Waals surface area contributed by atoms with Crippen LogP contribution in [0.1, 0.15) is 12.1 Å². The maximum Gasteiger partial charge on any atom is 0.229 e. The van der Waals surface area contributed by atoms with E-state index in [1.54, 1.807) is 6.20 Å². The molecule has 3 heterocycles. The second-order valence-electron chi connectivity index (χ2n) is 7.53. The molecule has 1 fully saturated rings. The second kappa shape index (κ2) is 9.28. The Bertz CT molecular complexity index is 1170. The summed E-state index contributed by atoms with van der Waals surface area (Å²) < 4.78 is 6.04. The van der Waals surface area contributed by atoms with Crippen LogP contribution in [0.5, 0.6) is 5.75 Å². The molecule has 0 bridgehead atoms. The van der Waals surface area contributed by atoms with Crippen molar-refractivity contribution in [3.8, 4) is 5.75 Å². The first-order valence-electron chi connectivity index (χ1n) is 10.2. The molecule has 0 unspecified atom stereocenters. The first-order valence-corrected chi connectivity index (χ1v) is 10.2. The zero-order valence-electron chi connectivity index (χ0n) is 17.3. The third kappa shape index (κ3) is 5.10. The molecule has 1 aliphatic heterocycles. The van der Waals surface area contributed by atoms with Crippen LogP contribution in [0.25, 0.3) is 10.9 Å². The van der Waals surface area contributed by atoms with Gasteiger partial charge in [-0.2, -0.15) is 18.5 Å². The van der Waals surface area contributed by atoms with Crippen molar-refractivity contribution < 1.29 is 4.74 Å². The molecular weight excluding hydrogens is 408 g/mol. The molecule has 5 rings (SSSR count). The highest BCUT2D eigenvalue weighted by molar-refractivity contribution is 7.59. The monoisotopic (exact) mass is 434 g/mol. The number of benzene rings is 2. The molecule has 0 spiro atoms. The quantitative estimate of drug-likeness (QED) is 0.355. The molecule has 31 heavy (non-hydrogen) atoms. The molecule has 4 aromatic rings. The number of ether oxygens (including phenoxy) is 1. The lowest BCUT2D eigenvalue weighted by atomic mass is 10.2. The Balaban J connectivity index is 0.00000231. The van der Waals surface area contributed by atoms with Crippen molar-refractivity contribution in [2.45, 2.75) is 19.4 Å². The van der Waals surface area contributed by atoms with Gasteiger partial charge in [0.2, 0.25) is 5.95 Å². The van der Waals surface area contributed by atoms with Crippen molar-refractivity contribution in [2.75, 3.05) is 23.7 Å². The zero-order valence-corrected chi connectivity index (χ0v) is 18.3. The summed E-state index contributed by atoms with van der Waals surface area (Å²) in [4.78, 5) is 12.3. The average Bonchev–Trinajstić information content (AvgIpc) is 3.37. The molecule has 8 heteroatoms. The van der Waals surface area contributed by atoms with E-state index in [-0.39, 0.29) is 19.6 Å². The normalized spacial score (nSPS) is 15.5. The third-order valence-electron chi connectivity index (χ3n) is 5.09. The predicted octanol–water partition coefficient (Wildman–Crippen LogP) is 4.61. The van der Waals surface area contributed by atoms with Crippen LogP contribution in [0, 0.1) is 6.92 Å². The number of nitrogens with one attached hydrogen (secondary N) is 4. The van der Waals surface area contributed by atoms with Crippen molar-refractivity contribution in [1.29, 1.82) is 0 Å². The minimum atomic E-state index is 0. The number of rotatable bonds is 6. The number of aryl methyl sites for hydroxylation is 1. The maximum absolute atomic E-state index is 6.04. The van der Waals surface area contributed by atoms with Crippen molar-refractivity contribution >= 4 is 47.5 Å². The maximum atomic E-state index is 6.04. The lowest BCUT2D eigenvalue weighted by molar-refractivity contribution is 0.223. The number of aromatic amines is 1. The Morgan fingerprint density at radius 2 is 1.94 bits per heavy atom. The fourth-order valence-corrected chi connectivity index (χ4v) is 3.69. The minimum absolute atomic E-state index is 0. The van der Waals surface area contributed by atoms with Gasteiger partial charge < -0.3 is 25.7 Å². The number of fused-ring (bicyclic) bond motifs is 1. The van der Waals surface area contributed by atoms with E-state index in [0.29, 0.717) is 5.95 Å². The van der Waals surface area contributed by atoms with Gasteiger partial charge in [-0.15, -0.1) is 0 Å². The Kier molecular flexibility index (Phi) is 6.29. The molecule has 7 nitrogen and oxygen atoms in total. The third-order valence-corrected chi connectivity index (χ3v) is 5.09. The summed E-state index contributed by atoms with van der Waals surface area (Å²) in [6.07, 6.45) is 2.99. The van der Waals surface area contributed by atoms with Crippen LogP contribution < -0.4 is 20.7 Å². The van der Waals surface area contributed by atoms with Crippen LogP contribution in [0.2, 0.25) is 0 Å². The largest absolute Gasteiger partial charge is 0.489 e. The molecule has 1 atom stereocenters. The predicted molar refractivity (Wildman–Crippen MR) is 130 cm³/mol. The molecule has 0 aliphatic carbocycles. The summed E-state index contributed by atoms with van der Waals surface area (Å²) >= 11 is 0. The zero-order chi connectivity index (χ0) is 20.3. The van der Waals surface area contributed by atoms with Gasteiger partial charge in [-0.1, -0.05) is 6.07 Å². The fraction of sp³-hybridized carbons (Fsp3) is 0.217. The van der Waals surface area contributed by atoms with Gasteiger partial charge >= 0.3 is 0 Å². The Hall–Kier alpha value is -3.23. The first kappa shape index (κ1) is 21.0. The van der Waals surface area contributed by atoms with Gasteiger partial charge in [0, 0.05) is 46.8 Å². The van der Waals surface area contributed by atoms with Crippen LogP contribution in [0.3, 0.4) is 0 Å². The van der Waals surface area contributed by atoms with Crippen molar-refractivity contribution in [2.24, 2.45) is 0 Å². The van der Waals surface area contributed by atoms with E-state index in [2.05, 4.69) is 56.0 Å². The van der Waals surface area contributed by atoms with Gasteiger partial charge in [-0.3, -0.25) is 0 Å². The molecule has 0 amide bonds. The number of hydrogen-bond acceptors (Lipinski definition) is 6. The summed E-state index contributed by atoms with van der Waals surface area (Å²) in [5, 5.41) is 11.1. The van der Waals surface area contributed by atoms with Crippen molar-refractivity contribution in [3.05, 3.63) is 66.5 Å². The topological polar surface area (TPSA) is 86.9 Å². The summed E-state index contributed by atoms with van der Waals surface area (Å²) in [5.74, 6) is 2.10. The van der Waals surface area contributed by atoms with E-state index in [4.69, 9.17) is 4.74 Å². The highest BCUT2D eigenvalue weighted by Gasteiger charge is 2.15. The summed E-state index contributed by atoms with van der Waals surface area (Å²) in [6, 6.07) is 18.1. The van der Waals surface area contributed by atoms with E-state index in [0.717, 1.165) is 53.7 Å². The average molecular weight is 435 g/mol.